The first-order valence-corrected chi connectivity index (χ1v) is 6.72. The van der Waals surface area contributed by atoms with E-state index >= 15 is 0 Å². The maximum atomic E-state index is 3.73. The van der Waals surface area contributed by atoms with Crippen molar-refractivity contribution in [2.75, 3.05) is 7.05 Å². The number of piperidine rings is 1. The van der Waals surface area contributed by atoms with Crippen molar-refractivity contribution in [1.29, 1.82) is 0 Å². The second kappa shape index (κ2) is 3.74. The van der Waals surface area contributed by atoms with Gasteiger partial charge in [-0.05, 0) is 58.4 Å². The summed E-state index contributed by atoms with van der Waals surface area (Å²) in [5.41, 5.74) is 0. The molecule has 15 heavy (non-hydrogen) atoms. The van der Waals surface area contributed by atoms with Crippen molar-refractivity contribution >= 4 is 0 Å². The predicted octanol–water partition coefficient (Wildman–Crippen LogP) is 2.00. The quantitative estimate of drug-likeness (QED) is 0.763. The average molecular weight is 208 g/mol. The molecule has 0 amide bonds. The highest BCUT2D eigenvalue weighted by Gasteiger charge is 2.39. The normalized spacial score (nSPS) is 42.2. The molecular formula is C13H24N2. The van der Waals surface area contributed by atoms with E-state index in [1.807, 2.05) is 0 Å². The molecule has 0 aromatic rings. The van der Waals surface area contributed by atoms with E-state index in [0.29, 0.717) is 0 Å². The maximum Gasteiger partial charge on any atom is 0.0125 e. The lowest BCUT2D eigenvalue weighted by atomic mass is 9.96. The number of nitrogens with zero attached hydrogens (tertiary/aromatic N) is 1. The van der Waals surface area contributed by atoms with Crippen LogP contribution in [0.1, 0.15) is 45.4 Å². The number of hydrogen-bond donors (Lipinski definition) is 1. The van der Waals surface area contributed by atoms with Gasteiger partial charge in [0.1, 0.15) is 0 Å². The third kappa shape index (κ3) is 1.94. The minimum Gasteiger partial charge on any atom is -0.311 e. The van der Waals surface area contributed by atoms with Crippen LogP contribution in [0.25, 0.3) is 0 Å². The molecule has 2 nitrogen and oxygen atoms in total. The molecule has 3 rings (SSSR count). The molecule has 0 aromatic heterocycles. The Kier molecular flexibility index (Phi) is 2.52. The molecule has 2 heteroatoms. The largest absolute Gasteiger partial charge is 0.311 e. The molecule has 86 valence electrons. The molecule has 1 N–H and O–H groups in total. The summed E-state index contributed by atoms with van der Waals surface area (Å²) in [5, 5.41) is 3.73. The molecule has 0 aromatic carbocycles. The van der Waals surface area contributed by atoms with E-state index < -0.39 is 0 Å². The van der Waals surface area contributed by atoms with Crippen molar-refractivity contribution in [3.63, 3.8) is 0 Å². The molecule has 2 saturated heterocycles. The van der Waals surface area contributed by atoms with Crippen molar-refractivity contribution in [2.45, 2.75) is 69.6 Å². The van der Waals surface area contributed by atoms with Crippen LogP contribution in [0.4, 0.5) is 0 Å². The highest BCUT2D eigenvalue weighted by atomic mass is 15.2. The van der Waals surface area contributed by atoms with Gasteiger partial charge in [-0.1, -0.05) is 0 Å². The fourth-order valence-electron chi connectivity index (χ4n) is 3.60. The number of rotatable bonds is 3. The minimum absolute atomic E-state index is 0.826. The Morgan fingerprint density at radius 2 is 1.67 bits per heavy atom. The van der Waals surface area contributed by atoms with Crippen LogP contribution in [0.2, 0.25) is 0 Å². The van der Waals surface area contributed by atoms with E-state index in [-0.39, 0.29) is 0 Å². The average Bonchev–Trinajstić information content (AvgIpc) is 3.03. The van der Waals surface area contributed by atoms with E-state index in [9.17, 15) is 0 Å². The summed E-state index contributed by atoms with van der Waals surface area (Å²) in [6, 6.07) is 3.36. The lowest BCUT2D eigenvalue weighted by molar-refractivity contribution is 0.121. The molecule has 2 aliphatic heterocycles. The first-order valence-electron chi connectivity index (χ1n) is 6.72. The first kappa shape index (κ1) is 10.1. The van der Waals surface area contributed by atoms with E-state index in [4.69, 9.17) is 0 Å². The summed E-state index contributed by atoms with van der Waals surface area (Å²) in [6.07, 6.45) is 8.58. The maximum absolute atomic E-state index is 3.73. The summed E-state index contributed by atoms with van der Waals surface area (Å²) in [6.45, 7) is 2.43. The third-order valence-corrected chi connectivity index (χ3v) is 4.97. The van der Waals surface area contributed by atoms with Crippen LogP contribution in [0, 0.1) is 5.92 Å². The topological polar surface area (TPSA) is 15.3 Å². The zero-order valence-electron chi connectivity index (χ0n) is 10.1. The summed E-state index contributed by atoms with van der Waals surface area (Å²) in [4.78, 5) is 2.68. The number of hydrogen-bond acceptors (Lipinski definition) is 2. The van der Waals surface area contributed by atoms with Crippen LogP contribution in [0.15, 0.2) is 0 Å². The van der Waals surface area contributed by atoms with Gasteiger partial charge in [0.25, 0.3) is 0 Å². The van der Waals surface area contributed by atoms with Crippen LogP contribution in [-0.4, -0.2) is 36.1 Å². The van der Waals surface area contributed by atoms with Crippen LogP contribution in [0.5, 0.6) is 0 Å². The Balaban J connectivity index is 1.61. The van der Waals surface area contributed by atoms with Gasteiger partial charge in [0, 0.05) is 24.2 Å². The Morgan fingerprint density at radius 1 is 1.07 bits per heavy atom. The second-order valence-corrected chi connectivity index (χ2v) is 6.01. The number of nitrogens with one attached hydrogen (secondary N) is 1. The van der Waals surface area contributed by atoms with Crippen molar-refractivity contribution in [3.05, 3.63) is 0 Å². The van der Waals surface area contributed by atoms with Crippen LogP contribution >= 0.6 is 0 Å². The highest BCUT2D eigenvalue weighted by molar-refractivity contribution is 4.97. The summed E-state index contributed by atoms with van der Waals surface area (Å²) in [5.74, 6) is 1.02. The van der Waals surface area contributed by atoms with Crippen molar-refractivity contribution in [1.82, 2.24) is 10.2 Å². The van der Waals surface area contributed by atoms with Gasteiger partial charge in [0.05, 0.1) is 0 Å². The molecule has 2 bridgehead atoms. The third-order valence-electron chi connectivity index (χ3n) is 4.97. The molecule has 3 atom stereocenters. The van der Waals surface area contributed by atoms with Gasteiger partial charge in [0.2, 0.25) is 0 Å². The molecular weight excluding hydrogens is 184 g/mol. The lowest BCUT2D eigenvalue weighted by Crippen LogP contribution is -2.49. The van der Waals surface area contributed by atoms with Gasteiger partial charge in [-0.2, -0.15) is 0 Å². The molecule has 2 heterocycles. The van der Waals surface area contributed by atoms with Gasteiger partial charge in [-0.3, -0.25) is 0 Å². The van der Waals surface area contributed by atoms with E-state index in [1.165, 1.54) is 38.5 Å². The van der Waals surface area contributed by atoms with Crippen LogP contribution < -0.4 is 5.32 Å². The Bertz CT molecular complexity index is 225. The zero-order chi connectivity index (χ0) is 10.4. The fourth-order valence-corrected chi connectivity index (χ4v) is 3.60. The monoisotopic (exact) mass is 208 g/mol. The van der Waals surface area contributed by atoms with E-state index in [0.717, 1.165) is 30.1 Å². The summed E-state index contributed by atoms with van der Waals surface area (Å²) < 4.78 is 0. The molecule has 3 unspecified atom stereocenters. The molecule has 1 aliphatic carbocycles. The van der Waals surface area contributed by atoms with Crippen LogP contribution in [-0.2, 0) is 0 Å². The molecule has 3 fully saturated rings. The molecule has 1 saturated carbocycles. The summed E-state index contributed by atoms with van der Waals surface area (Å²) in [7, 11) is 2.36. The predicted molar refractivity (Wildman–Crippen MR) is 62.9 cm³/mol. The Labute approximate surface area is 93.4 Å². The van der Waals surface area contributed by atoms with Gasteiger partial charge in [-0.15, -0.1) is 0 Å². The van der Waals surface area contributed by atoms with Gasteiger partial charge in [0.15, 0.2) is 0 Å². The first-order chi connectivity index (χ1) is 7.24. The minimum atomic E-state index is 0.826. The standard InChI is InChI=1S/C13H24N2/c1-9(10-3-4-10)15(2)13-7-11-5-6-12(8-13)14-11/h9-14H,3-8H2,1-2H3. The van der Waals surface area contributed by atoms with Crippen molar-refractivity contribution in [2.24, 2.45) is 5.92 Å². The molecule has 3 aliphatic rings. The second-order valence-electron chi connectivity index (χ2n) is 6.01. The van der Waals surface area contributed by atoms with Crippen molar-refractivity contribution in [3.8, 4) is 0 Å². The highest BCUT2D eigenvalue weighted by Crippen LogP contribution is 2.37. The molecule has 0 radical (unpaired) electrons. The molecule has 0 spiro atoms. The van der Waals surface area contributed by atoms with E-state index in [1.54, 1.807) is 0 Å². The van der Waals surface area contributed by atoms with Gasteiger partial charge >= 0.3 is 0 Å². The fraction of sp³-hybridized carbons (Fsp3) is 1.00. The zero-order valence-corrected chi connectivity index (χ0v) is 10.1. The SMILES string of the molecule is CC(C1CC1)N(C)C1CC2CCC(C1)N2. The van der Waals surface area contributed by atoms with Crippen LogP contribution in [0.3, 0.4) is 0 Å². The van der Waals surface area contributed by atoms with Gasteiger partial charge < -0.3 is 10.2 Å². The van der Waals surface area contributed by atoms with Crippen molar-refractivity contribution < 1.29 is 0 Å². The Hall–Kier alpha value is -0.0800. The lowest BCUT2D eigenvalue weighted by Gasteiger charge is -2.39. The smallest absolute Gasteiger partial charge is 0.0125 e. The Morgan fingerprint density at radius 3 is 2.20 bits per heavy atom. The number of fused-ring (bicyclic) bond motifs is 2. The van der Waals surface area contributed by atoms with E-state index in [2.05, 4.69) is 24.2 Å². The van der Waals surface area contributed by atoms with Gasteiger partial charge in [-0.25, -0.2) is 0 Å². The summed E-state index contributed by atoms with van der Waals surface area (Å²) >= 11 is 0.